The van der Waals surface area contributed by atoms with Gasteiger partial charge in [-0.1, -0.05) is 24.3 Å². The first kappa shape index (κ1) is 28.2. The van der Waals surface area contributed by atoms with Gasteiger partial charge in [0.25, 0.3) is 0 Å². The summed E-state index contributed by atoms with van der Waals surface area (Å²) in [4.78, 5) is 5.33. The first-order valence-electron chi connectivity index (χ1n) is 13.7. The summed E-state index contributed by atoms with van der Waals surface area (Å²) < 4.78 is 22.4. The molecule has 0 saturated heterocycles. The zero-order valence-corrected chi connectivity index (χ0v) is 26.4. The Balaban J connectivity index is 0.000000142. The van der Waals surface area contributed by atoms with Crippen molar-refractivity contribution in [1.29, 1.82) is 0 Å². The maximum atomic E-state index is 5.60. The standard InChI is InChI=1S/C18H12O4.C18H12S4/c2*1-5-13(19-9-1)17(14-6-2-10-20-14)18(15-7-3-11-21-15)16-8-4-12-22-16/h2*1-12H. The topological polar surface area (TPSA) is 52.6 Å². The molecule has 0 aromatic carbocycles. The maximum Gasteiger partial charge on any atom is 0.138 e. The van der Waals surface area contributed by atoms with Gasteiger partial charge in [-0.2, -0.15) is 0 Å². The second-order valence-electron chi connectivity index (χ2n) is 9.32. The summed E-state index contributed by atoms with van der Waals surface area (Å²) in [6.45, 7) is 0. The third-order valence-corrected chi connectivity index (χ3v) is 10.2. The summed E-state index contributed by atoms with van der Waals surface area (Å²) in [5, 5.41) is 8.62. The minimum Gasteiger partial charge on any atom is -0.464 e. The van der Waals surface area contributed by atoms with E-state index in [0.29, 0.717) is 23.0 Å². The summed E-state index contributed by atoms with van der Waals surface area (Å²) in [6.07, 6.45) is 6.50. The quantitative estimate of drug-likeness (QED) is 0.164. The Morgan fingerprint density at radius 3 is 0.773 bits per heavy atom. The van der Waals surface area contributed by atoms with Crippen LogP contribution in [0.25, 0.3) is 22.3 Å². The van der Waals surface area contributed by atoms with E-state index < -0.39 is 0 Å². The number of rotatable bonds is 8. The van der Waals surface area contributed by atoms with Crippen molar-refractivity contribution in [2.75, 3.05) is 0 Å². The van der Waals surface area contributed by atoms with Gasteiger partial charge in [0.1, 0.15) is 23.0 Å². The summed E-state index contributed by atoms with van der Waals surface area (Å²) in [5.41, 5.74) is 4.27. The van der Waals surface area contributed by atoms with Crippen LogP contribution in [0.2, 0.25) is 0 Å². The first-order chi connectivity index (χ1) is 21.9. The van der Waals surface area contributed by atoms with Crippen LogP contribution in [-0.4, -0.2) is 0 Å². The fourth-order valence-corrected chi connectivity index (χ4v) is 8.13. The summed E-state index contributed by atoms with van der Waals surface area (Å²) in [5.74, 6) is 2.71. The van der Waals surface area contributed by atoms with E-state index in [9.17, 15) is 0 Å². The number of hydrogen-bond donors (Lipinski definition) is 0. The third kappa shape index (κ3) is 5.93. The highest BCUT2D eigenvalue weighted by Gasteiger charge is 2.23. The van der Waals surface area contributed by atoms with Gasteiger partial charge in [-0.25, -0.2) is 0 Å². The van der Waals surface area contributed by atoms with Crippen LogP contribution in [0.15, 0.2) is 161 Å². The maximum absolute atomic E-state index is 5.60. The molecule has 4 nitrogen and oxygen atoms in total. The van der Waals surface area contributed by atoms with Gasteiger partial charge in [0.2, 0.25) is 0 Å². The van der Waals surface area contributed by atoms with Gasteiger partial charge in [-0.15, -0.1) is 45.3 Å². The molecule has 0 spiro atoms. The molecule has 8 aromatic heterocycles. The normalized spacial score (nSPS) is 10.7. The lowest BCUT2D eigenvalue weighted by molar-refractivity contribution is 0.519. The average molecular weight is 649 g/mol. The van der Waals surface area contributed by atoms with Crippen LogP contribution in [0, 0.1) is 0 Å². The average Bonchev–Trinajstić information content (AvgIpc) is 3.92. The molecule has 8 heterocycles. The fraction of sp³-hybridized carbons (Fsp3) is 0. The zero-order valence-electron chi connectivity index (χ0n) is 23.1. The number of furan rings is 4. The second-order valence-corrected chi connectivity index (χ2v) is 13.1. The van der Waals surface area contributed by atoms with E-state index in [-0.39, 0.29) is 0 Å². The van der Waals surface area contributed by atoms with E-state index in [1.165, 1.54) is 30.7 Å². The van der Waals surface area contributed by atoms with Gasteiger partial charge in [-0.3, -0.25) is 0 Å². The zero-order chi connectivity index (χ0) is 29.6. The molecule has 0 unspecified atom stereocenters. The molecule has 8 aromatic rings. The first-order valence-corrected chi connectivity index (χ1v) is 17.2. The van der Waals surface area contributed by atoms with Crippen molar-refractivity contribution in [3.05, 3.63) is 186 Å². The summed E-state index contributed by atoms with van der Waals surface area (Å²) in [7, 11) is 0. The highest BCUT2D eigenvalue weighted by molar-refractivity contribution is 7.16. The monoisotopic (exact) mass is 648 g/mol. The predicted molar refractivity (Wildman–Crippen MR) is 182 cm³/mol. The molecule has 0 aliphatic rings. The van der Waals surface area contributed by atoms with Crippen molar-refractivity contribution < 1.29 is 17.7 Å². The Morgan fingerprint density at radius 2 is 0.591 bits per heavy atom. The molecule has 44 heavy (non-hydrogen) atoms. The number of hydrogen-bond acceptors (Lipinski definition) is 8. The van der Waals surface area contributed by atoms with E-state index in [0.717, 1.165) is 11.1 Å². The van der Waals surface area contributed by atoms with E-state index in [1.54, 1.807) is 25.1 Å². The summed E-state index contributed by atoms with van der Waals surface area (Å²) in [6, 6.07) is 32.3. The van der Waals surface area contributed by atoms with Crippen molar-refractivity contribution in [2.45, 2.75) is 0 Å². The lowest BCUT2D eigenvalue weighted by Crippen LogP contribution is -1.93. The molecule has 0 aliphatic heterocycles. The molecule has 0 saturated carbocycles. The van der Waals surface area contributed by atoms with Crippen molar-refractivity contribution in [3.8, 4) is 0 Å². The third-order valence-electron chi connectivity index (χ3n) is 6.64. The Kier molecular flexibility index (Phi) is 8.56. The smallest absolute Gasteiger partial charge is 0.138 e. The van der Waals surface area contributed by atoms with Gasteiger partial charge in [0.05, 0.1) is 36.2 Å². The largest absolute Gasteiger partial charge is 0.464 e. The molecule has 8 rings (SSSR count). The Morgan fingerprint density at radius 1 is 0.318 bits per heavy atom. The molecule has 0 aliphatic carbocycles. The van der Waals surface area contributed by atoms with Gasteiger partial charge >= 0.3 is 0 Å². The van der Waals surface area contributed by atoms with Crippen LogP contribution in [-0.2, 0) is 0 Å². The lowest BCUT2D eigenvalue weighted by atomic mass is 9.99. The Bertz CT molecular complexity index is 1560. The van der Waals surface area contributed by atoms with Crippen LogP contribution < -0.4 is 0 Å². The van der Waals surface area contributed by atoms with Gasteiger partial charge in [0.15, 0.2) is 0 Å². The van der Waals surface area contributed by atoms with Crippen LogP contribution in [0.5, 0.6) is 0 Å². The van der Waals surface area contributed by atoms with Crippen molar-refractivity contribution in [1.82, 2.24) is 0 Å². The Labute approximate surface area is 270 Å². The van der Waals surface area contributed by atoms with E-state index in [4.69, 9.17) is 17.7 Å². The second kappa shape index (κ2) is 13.4. The molecular formula is C36H24O4S4. The highest BCUT2D eigenvalue weighted by atomic mass is 32.1. The minimum absolute atomic E-state index is 0.678. The van der Waals surface area contributed by atoms with Crippen LogP contribution in [0.1, 0.15) is 42.5 Å². The summed E-state index contributed by atoms with van der Waals surface area (Å²) >= 11 is 7.24. The predicted octanol–water partition coefficient (Wildman–Crippen LogP) is 12.0. The van der Waals surface area contributed by atoms with Gasteiger partial charge < -0.3 is 17.7 Å². The molecule has 0 bridgehead atoms. The van der Waals surface area contributed by atoms with E-state index in [2.05, 4.69) is 70.1 Å². The van der Waals surface area contributed by atoms with E-state index in [1.807, 2.05) is 93.9 Å². The van der Waals surface area contributed by atoms with Gasteiger partial charge in [-0.05, 0) is 94.3 Å². The van der Waals surface area contributed by atoms with Crippen molar-refractivity contribution in [2.24, 2.45) is 0 Å². The number of thiophene rings is 4. The fourth-order valence-electron chi connectivity index (χ4n) is 4.84. The van der Waals surface area contributed by atoms with Crippen LogP contribution >= 0.6 is 45.3 Å². The SMILES string of the molecule is c1coc(C(=C(c2ccco2)c2ccco2)c2ccco2)c1.c1csc(C(=C(c2cccs2)c2cccs2)c2cccs2)c1. The molecule has 0 atom stereocenters. The lowest BCUT2D eigenvalue weighted by Gasteiger charge is -2.11. The van der Waals surface area contributed by atoms with Crippen molar-refractivity contribution in [3.63, 3.8) is 0 Å². The van der Waals surface area contributed by atoms with Crippen LogP contribution in [0.4, 0.5) is 0 Å². The molecule has 0 radical (unpaired) electrons. The molecule has 0 amide bonds. The van der Waals surface area contributed by atoms with Crippen molar-refractivity contribution >= 4 is 67.6 Å². The van der Waals surface area contributed by atoms with E-state index >= 15 is 0 Å². The molecule has 0 N–H and O–H groups in total. The molecule has 0 fully saturated rings. The van der Waals surface area contributed by atoms with Gasteiger partial charge in [0, 0.05) is 30.7 Å². The van der Waals surface area contributed by atoms with Crippen LogP contribution in [0.3, 0.4) is 0 Å². The Hall–Kier alpha value is -4.60. The molecule has 216 valence electrons. The minimum atomic E-state index is 0.678. The highest BCUT2D eigenvalue weighted by Crippen LogP contribution is 2.42. The molecule has 8 heteroatoms. The molecular weight excluding hydrogens is 625 g/mol.